The number of amides is 1. The van der Waals surface area contributed by atoms with Gasteiger partial charge in [-0.1, -0.05) is 23.5 Å². The number of benzene rings is 2. The monoisotopic (exact) mass is 532 g/mol. The largest absolute Gasteiger partial charge is 0.354 e. The van der Waals surface area contributed by atoms with Crippen LogP contribution < -0.4 is 10.3 Å². The number of hydrogen-bond acceptors (Lipinski definition) is 9. The van der Waals surface area contributed by atoms with Crippen molar-refractivity contribution in [2.24, 2.45) is 11.0 Å². The molecular formula is C26H24N6O5S. The van der Waals surface area contributed by atoms with E-state index in [2.05, 4.69) is 10.3 Å². The highest BCUT2D eigenvalue weighted by Gasteiger charge is 2.43. The molecule has 0 bridgehead atoms. The molecule has 2 aliphatic rings. The Morgan fingerprint density at radius 3 is 2.32 bits per heavy atom. The molecule has 38 heavy (non-hydrogen) atoms. The first-order chi connectivity index (χ1) is 18.3. The molecule has 1 N–H and O–H groups in total. The van der Waals surface area contributed by atoms with Gasteiger partial charge in [-0.15, -0.1) is 0 Å². The second-order valence-electron chi connectivity index (χ2n) is 9.13. The van der Waals surface area contributed by atoms with Crippen molar-refractivity contribution in [3.8, 4) is 0 Å². The number of fused-ring (bicyclic) bond motifs is 1. The van der Waals surface area contributed by atoms with Crippen LogP contribution in [0.25, 0.3) is 6.08 Å². The highest BCUT2D eigenvalue weighted by Crippen LogP contribution is 2.47. The maximum atomic E-state index is 12.4. The first-order valence-electron chi connectivity index (χ1n) is 12.0. The number of carbonyl (C=O) groups is 1. The highest BCUT2D eigenvalue weighted by molar-refractivity contribution is 7.17. The van der Waals surface area contributed by atoms with E-state index >= 15 is 0 Å². The number of anilines is 1. The summed E-state index contributed by atoms with van der Waals surface area (Å²) in [5, 5.41) is 32.3. The van der Waals surface area contributed by atoms with Crippen molar-refractivity contribution in [1.29, 1.82) is 0 Å². The highest BCUT2D eigenvalue weighted by atomic mass is 32.1. The summed E-state index contributed by atoms with van der Waals surface area (Å²) in [6.45, 7) is 1.78. The second kappa shape index (κ2) is 10.1. The van der Waals surface area contributed by atoms with Crippen molar-refractivity contribution >= 4 is 45.5 Å². The Labute approximate surface area is 221 Å². The molecule has 1 aliphatic carbocycles. The minimum Gasteiger partial charge on any atom is -0.354 e. The molecule has 2 heterocycles. The molecule has 1 aromatic heterocycles. The predicted octanol–water partition coefficient (Wildman–Crippen LogP) is 5.43. The number of nitro groups is 2. The molecule has 0 radical (unpaired) electrons. The van der Waals surface area contributed by atoms with Crippen LogP contribution in [0.2, 0.25) is 0 Å². The molecule has 194 valence electrons. The molecule has 1 fully saturated rings. The number of aromatic nitrogens is 1. The first-order valence-corrected chi connectivity index (χ1v) is 12.9. The molecule has 1 saturated carbocycles. The van der Waals surface area contributed by atoms with E-state index in [1.807, 2.05) is 11.1 Å². The molecule has 2 aromatic carbocycles. The van der Waals surface area contributed by atoms with Crippen molar-refractivity contribution in [2.75, 3.05) is 12.1 Å². The van der Waals surface area contributed by atoms with Gasteiger partial charge in [-0.25, -0.2) is 9.99 Å². The van der Waals surface area contributed by atoms with Gasteiger partial charge in [-0.3, -0.25) is 25.0 Å². The quantitative estimate of drug-likeness (QED) is 0.329. The number of nitro benzene ring substituents is 2. The van der Waals surface area contributed by atoms with Gasteiger partial charge in [-0.2, -0.15) is 5.10 Å². The van der Waals surface area contributed by atoms with Crippen LogP contribution in [0.15, 0.2) is 59.2 Å². The van der Waals surface area contributed by atoms with E-state index in [-0.39, 0.29) is 29.2 Å². The number of non-ortho nitro benzene ring substituents is 2. The number of thiazole rings is 1. The summed E-state index contributed by atoms with van der Waals surface area (Å²) in [6.07, 6.45) is 4.59. The zero-order valence-corrected chi connectivity index (χ0v) is 21.5. The number of allylic oxidation sites excluding steroid dienone is 1. The lowest BCUT2D eigenvalue weighted by molar-refractivity contribution is -0.385. The number of nitrogens with one attached hydrogen (secondary N) is 1. The van der Waals surface area contributed by atoms with Gasteiger partial charge < -0.3 is 5.32 Å². The molecular weight excluding hydrogens is 508 g/mol. The molecule has 12 heteroatoms. The van der Waals surface area contributed by atoms with Crippen LogP contribution in [0.3, 0.4) is 0 Å². The lowest BCUT2D eigenvalue weighted by atomic mass is 9.77. The van der Waals surface area contributed by atoms with E-state index in [1.54, 1.807) is 38.2 Å². The van der Waals surface area contributed by atoms with Crippen LogP contribution in [-0.2, 0) is 0 Å². The van der Waals surface area contributed by atoms with Crippen molar-refractivity contribution < 1.29 is 14.6 Å². The van der Waals surface area contributed by atoms with Crippen LogP contribution in [-0.4, -0.2) is 33.5 Å². The molecule has 2 unspecified atom stereocenters. The summed E-state index contributed by atoms with van der Waals surface area (Å²) < 4.78 is 0. The van der Waals surface area contributed by atoms with Gasteiger partial charge in [0.25, 0.3) is 17.3 Å². The van der Waals surface area contributed by atoms with E-state index < -0.39 is 9.85 Å². The van der Waals surface area contributed by atoms with Crippen molar-refractivity contribution in [3.63, 3.8) is 0 Å². The minimum absolute atomic E-state index is 0.00200. The van der Waals surface area contributed by atoms with Crippen molar-refractivity contribution in [3.05, 3.63) is 96.0 Å². The maximum Gasteiger partial charge on any atom is 0.269 e. The lowest BCUT2D eigenvalue weighted by Crippen LogP contribution is -2.28. The van der Waals surface area contributed by atoms with Crippen molar-refractivity contribution in [2.45, 2.75) is 32.2 Å². The number of aryl methyl sites for hydroxylation is 1. The zero-order valence-electron chi connectivity index (χ0n) is 20.7. The standard InChI is InChI=1S/C26H24N6O5S/c1-15-24(25(33)27-2)38-26(28-15)30-23(17-8-12-20(13-9-17)32(36)37)21-5-3-4-18(22(21)29-30)14-16-6-10-19(11-7-16)31(34)35/h6-14,21,23H,3-5H2,1-2H3,(H,27,33)/b18-14+. The summed E-state index contributed by atoms with van der Waals surface area (Å²) >= 11 is 1.26. The molecule has 1 aliphatic heterocycles. The fourth-order valence-electron chi connectivity index (χ4n) is 4.98. The van der Waals surface area contributed by atoms with E-state index in [9.17, 15) is 25.0 Å². The van der Waals surface area contributed by atoms with Crippen LogP contribution in [0.1, 0.15) is 51.8 Å². The van der Waals surface area contributed by atoms with E-state index in [0.717, 1.165) is 41.7 Å². The van der Waals surface area contributed by atoms with E-state index in [1.165, 1.54) is 35.6 Å². The van der Waals surface area contributed by atoms with Gasteiger partial charge in [0.15, 0.2) is 0 Å². The van der Waals surface area contributed by atoms with Gasteiger partial charge in [0.1, 0.15) is 4.88 Å². The van der Waals surface area contributed by atoms with Gasteiger partial charge in [0, 0.05) is 37.2 Å². The zero-order chi connectivity index (χ0) is 27.0. The Kier molecular flexibility index (Phi) is 6.72. The van der Waals surface area contributed by atoms with Gasteiger partial charge in [0.05, 0.1) is 27.3 Å². The van der Waals surface area contributed by atoms with Gasteiger partial charge in [-0.05, 0) is 61.1 Å². The molecule has 11 nitrogen and oxygen atoms in total. The fourth-order valence-corrected chi connectivity index (χ4v) is 5.98. The summed E-state index contributed by atoms with van der Waals surface area (Å²) in [7, 11) is 1.57. The number of hydrazone groups is 1. The van der Waals surface area contributed by atoms with Crippen LogP contribution in [0.5, 0.6) is 0 Å². The minimum atomic E-state index is -0.427. The predicted molar refractivity (Wildman–Crippen MR) is 144 cm³/mol. The fraction of sp³-hybridized carbons (Fsp3) is 0.269. The first kappa shape index (κ1) is 25.2. The molecule has 0 saturated heterocycles. The molecule has 5 rings (SSSR count). The second-order valence-corrected chi connectivity index (χ2v) is 10.1. The van der Waals surface area contributed by atoms with Gasteiger partial charge >= 0.3 is 0 Å². The number of rotatable bonds is 6. The van der Waals surface area contributed by atoms with E-state index in [0.29, 0.717) is 15.7 Å². The summed E-state index contributed by atoms with van der Waals surface area (Å²) in [4.78, 5) is 39.0. The van der Waals surface area contributed by atoms with E-state index in [4.69, 9.17) is 5.10 Å². The third-order valence-corrected chi connectivity index (χ3v) is 7.95. The van der Waals surface area contributed by atoms with Crippen molar-refractivity contribution in [1.82, 2.24) is 10.3 Å². The van der Waals surface area contributed by atoms with Crippen LogP contribution in [0.4, 0.5) is 16.5 Å². The number of nitrogens with zero attached hydrogens (tertiary/aromatic N) is 5. The Morgan fingerprint density at radius 1 is 1.08 bits per heavy atom. The lowest BCUT2D eigenvalue weighted by Gasteiger charge is -2.29. The normalized spacial score (nSPS) is 19.7. The Morgan fingerprint density at radius 2 is 1.71 bits per heavy atom. The van der Waals surface area contributed by atoms with Gasteiger partial charge in [0.2, 0.25) is 5.13 Å². The third kappa shape index (κ3) is 4.65. The molecule has 2 atom stereocenters. The molecule has 3 aromatic rings. The Balaban J connectivity index is 1.58. The Hall–Kier alpha value is -4.45. The summed E-state index contributed by atoms with van der Waals surface area (Å²) in [5.74, 6) is -0.219. The maximum absolute atomic E-state index is 12.4. The number of hydrogen-bond donors (Lipinski definition) is 1. The molecule has 0 spiro atoms. The van der Waals surface area contributed by atoms with Crippen LogP contribution in [0, 0.1) is 33.1 Å². The average molecular weight is 533 g/mol. The summed E-state index contributed by atoms with van der Waals surface area (Å²) in [5.41, 5.74) is 4.27. The van der Waals surface area contributed by atoms with Crippen LogP contribution >= 0.6 is 11.3 Å². The summed E-state index contributed by atoms with van der Waals surface area (Å²) in [6, 6.07) is 12.6. The third-order valence-electron chi connectivity index (χ3n) is 6.81. The SMILES string of the molecule is CNC(=O)c1sc(N2N=C3/C(=C/c4ccc([N+](=O)[O-])cc4)CCCC3C2c2ccc([N+](=O)[O-])cc2)nc1C. The smallest absolute Gasteiger partial charge is 0.269 e. The topological polar surface area (TPSA) is 144 Å². The Bertz CT molecular complexity index is 1480. The number of carbonyl (C=O) groups excluding carboxylic acids is 1. The molecule has 1 amide bonds. The average Bonchev–Trinajstić information content (AvgIpc) is 3.50.